The number of nitrogens with one attached hydrogen (secondary N) is 1. The molecule has 1 heterocycles. The summed E-state index contributed by atoms with van der Waals surface area (Å²) >= 11 is 5.78. The van der Waals surface area contributed by atoms with Crippen LogP contribution in [0.1, 0.15) is 11.3 Å². The van der Waals surface area contributed by atoms with Crippen molar-refractivity contribution < 1.29 is 23.5 Å². The highest BCUT2D eigenvalue weighted by molar-refractivity contribution is 6.30. The lowest BCUT2D eigenvalue weighted by atomic mass is 10.2. The minimum Gasteiger partial charge on any atom is -0.484 e. The van der Waals surface area contributed by atoms with Gasteiger partial charge in [-0.3, -0.25) is 4.79 Å². The molecule has 0 spiro atoms. The third kappa shape index (κ3) is 6.96. The predicted molar refractivity (Wildman–Crippen MR) is 113 cm³/mol. The molecule has 0 fully saturated rings. The summed E-state index contributed by atoms with van der Waals surface area (Å²) in [5.41, 5.74) is 3.07. The smallest absolute Gasteiger partial charge is 0.336 e. The molecule has 0 saturated carbocycles. The molecule has 0 bridgehead atoms. The molecule has 1 aromatic heterocycles. The number of carbonyl (C=O) groups excluding carboxylic acids is 2. The maximum absolute atomic E-state index is 11.8. The predicted octanol–water partition coefficient (Wildman–Crippen LogP) is 4.08. The molecule has 1 N–H and O–H groups in total. The molecule has 0 aliphatic heterocycles. The highest BCUT2D eigenvalue weighted by Crippen LogP contribution is 2.15. The molecule has 0 atom stereocenters. The lowest BCUT2D eigenvalue weighted by Gasteiger charge is -2.04. The minimum absolute atomic E-state index is 0.181. The van der Waals surface area contributed by atoms with Gasteiger partial charge in [-0.1, -0.05) is 11.6 Å². The van der Waals surface area contributed by atoms with Crippen LogP contribution in [-0.4, -0.2) is 24.7 Å². The number of hydrogen-bond acceptors (Lipinski definition) is 6. The van der Waals surface area contributed by atoms with E-state index in [0.29, 0.717) is 27.8 Å². The Morgan fingerprint density at radius 2 is 1.77 bits per heavy atom. The molecule has 3 rings (SSSR count). The number of hydrazone groups is 1. The quantitative estimate of drug-likeness (QED) is 0.193. The molecule has 0 aliphatic carbocycles. The first kappa shape index (κ1) is 20.9. The van der Waals surface area contributed by atoms with E-state index in [0.717, 1.165) is 0 Å². The second kappa shape index (κ2) is 10.6. The fourth-order valence-corrected chi connectivity index (χ4v) is 2.33. The molecule has 3 aromatic rings. The Kier molecular flexibility index (Phi) is 7.40. The van der Waals surface area contributed by atoms with E-state index in [-0.39, 0.29) is 6.61 Å². The van der Waals surface area contributed by atoms with Gasteiger partial charge in [-0.2, -0.15) is 5.10 Å². The number of hydrogen-bond donors (Lipinski definition) is 1. The van der Waals surface area contributed by atoms with Gasteiger partial charge in [0.15, 0.2) is 6.61 Å². The van der Waals surface area contributed by atoms with Gasteiger partial charge in [0.2, 0.25) is 0 Å². The zero-order valence-corrected chi connectivity index (χ0v) is 16.4. The van der Waals surface area contributed by atoms with Gasteiger partial charge in [0.25, 0.3) is 5.91 Å². The van der Waals surface area contributed by atoms with Gasteiger partial charge in [0, 0.05) is 11.1 Å². The van der Waals surface area contributed by atoms with Gasteiger partial charge < -0.3 is 13.9 Å². The van der Waals surface area contributed by atoms with Crippen molar-refractivity contribution in [2.24, 2.45) is 5.10 Å². The second-order valence-corrected chi connectivity index (χ2v) is 6.31. The zero-order valence-electron chi connectivity index (χ0n) is 15.7. The van der Waals surface area contributed by atoms with Gasteiger partial charge in [-0.25, -0.2) is 10.2 Å². The molecule has 0 unspecified atom stereocenters. The molecule has 7 nitrogen and oxygen atoms in total. The summed E-state index contributed by atoms with van der Waals surface area (Å²) in [6.45, 7) is -0.181. The highest BCUT2D eigenvalue weighted by Gasteiger charge is 2.03. The Balaban J connectivity index is 1.42. The van der Waals surface area contributed by atoms with Crippen molar-refractivity contribution in [2.45, 2.75) is 0 Å². The van der Waals surface area contributed by atoms with E-state index in [2.05, 4.69) is 10.5 Å². The van der Waals surface area contributed by atoms with E-state index in [4.69, 9.17) is 25.5 Å². The molecule has 1 amide bonds. The molecule has 0 aliphatic rings. The number of rotatable bonds is 8. The fourth-order valence-electron chi connectivity index (χ4n) is 2.20. The SMILES string of the molecule is O=C(COc1ccc(Cl)cc1)N/N=C\c1ccc(OC(=O)/C=C/c2ccco2)cc1. The number of halogens is 1. The van der Waals surface area contributed by atoms with Crippen LogP contribution in [0.5, 0.6) is 11.5 Å². The Bertz CT molecular complexity index is 1030. The summed E-state index contributed by atoms with van der Waals surface area (Å²) in [5.74, 6) is 0.527. The summed E-state index contributed by atoms with van der Waals surface area (Å²) < 4.78 is 15.6. The number of carbonyl (C=O) groups is 2. The number of amides is 1. The molecular weight excluding hydrogens is 408 g/mol. The average Bonchev–Trinajstić information content (AvgIpc) is 3.27. The van der Waals surface area contributed by atoms with Crippen LogP contribution in [0.25, 0.3) is 6.08 Å². The van der Waals surface area contributed by atoms with Crippen molar-refractivity contribution in [3.63, 3.8) is 0 Å². The van der Waals surface area contributed by atoms with Gasteiger partial charge in [0.1, 0.15) is 17.3 Å². The lowest BCUT2D eigenvalue weighted by molar-refractivity contribution is -0.129. The van der Waals surface area contributed by atoms with E-state index in [1.165, 1.54) is 24.6 Å². The molecule has 152 valence electrons. The number of nitrogens with zero attached hydrogens (tertiary/aromatic N) is 1. The van der Waals surface area contributed by atoms with E-state index in [9.17, 15) is 9.59 Å². The van der Waals surface area contributed by atoms with Crippen LogP contribution in [0.3, 0.4) is 0 Å². The molecule has 0 saturated heterocycles. The van der Waals surface area contributed by atoms with Crippen LogP contribution >= 0.6 is 11.6 Å². The molecule has 0 radical (unpaired) electrons. The minimum atomic E-state index is -0.527. The average molecular weight is 425 g/mol. The lowest BCUT2D eigenvalue weighted by Crippen LogP contribution is -2.24. The molecule has 8 heteroatoms. The van der Waals surface area contributed by atoms with Crippen molar-refractivity contribution in [1.82, 2.24) is 5.43 Å². The van der Waals surface area contributed by atoms with Crippen molar-refractivity contribution >= 4 is 35.8 Å². The first-order chi connectivity index (χ1) is 14.6. The third-order valence-corrected chi connectivity index (χ3v) is 3.86. The van der Waals surface area contributed by atoms with E-state index < -0.39 is 11.9 Å². The van der Waals surface area contributed by atoms with E-state index >= 15 is 0 Å². The molecule has 2 aromatic carbocycles. The summed E-state index contributed by atoms with van der Waals surface area (Å²) in [6, 6.07) is 16.7. The van der Waals surface area contributed by atoms with Crippen LogP contribution in [0.2, 0.25) is 5.02 Å². The van der Waals surface area contributed by atoms with Crippen LogP contribution in [0.15, 0.2) is 82.5 Å². The number of furan rings is 1. The first-order valence-corrected chi connectivity index (χ1v) is 9.20. The monoisotopic (exact) mass is 424 g/mol. The van der Waals surface area contributed by atoms with Crippen molar-refractivity contribution in [1.29, 1.82) is 0 Å². The summed E-state index contributed by atoms with van der Waals surface area (Å²) in [6.07, 6.45) is 5.77. The Morgan fingerprint density at radius 3 is 2.47 bits per heavy atom. The maximum Gasteiger partial charge on any atom is 0.336 e. The number of esters is 1. The Morgan fingerprint density at radius 1 is 1.03 bits per heavy atom. The summed E-state index contributed by atoms with van der Waals surface area (Å²) in [5, 5.41) is 4.45. The summed E-state index contributed by atoms with van der Waals surface area (Å²) in [7, 11) is 0. The molecule has 30 heavy (non-hydrogen) atoms. The van der Waals surface area contributed by atoms with Gasteiger partial charge in [0.05, 0.1) is 12.5 Å². The highest BCUT2D eigenvalue weighted by atomic mass is 35.5. The normalized spacial score (nSPS) is 11.0. The van der Waals surface area contributed by atoms with E-state index in [1.807, 2.05) is 0 Å². The Hall–Kier alpha value is -3.84. The number of ether oxygens (including phenoxy) is 2. The maximum atomic E-state index is 11.8. The molecular formula is C22H17ClN2O5. The second-order valence-electron chi connectivity index (χ2n) is 5.87. The van der Waals surface area contributed by atoms with Crippen LogP contribution in [0.4, 0.5) is 0 Å². The standard InChI is InChI=1S/C22H17ClN2O5/c23-17-5-9-19(10-6-17)29-15-21(26)25-24-14-16-3-7-20(8-4-16)30-22(27)12-11-18-2-1-13-28-18/h1-14H,15H2,(H,25,26)/b12-11+,24-14-. The largest absolute Gasteiger partial charge is 0.484 e. The zero-order chi connectivity index (χ0) is 21.2. The van der Waals surface area contributed by atoms with Gasteiger partial charge >= 0.3 is 5.97 Å². The van der Waals surface area contributed by atoms with Gasteiger partial charge in [-0.15, -0.1) is 0 Å². The van der Waals surface area contributed by atoms with Crippen molar-refractivity contribution in [2.75, 3.05) is 6.61 Å². The summed E-state index contributed by atoms with van der Waals surface area (Å²) in [4.78, 5) is 23.5. The van der Waals surface area contributed by atoms with E-state index in [1.54, 1.807) is 60.7 Å². The number of benzene rings is 2. The first-order valence-electron chi connectivity index (χ1n) is 8.82. The fraction of sp³-hybridized carbons (Fsp3) is 0.0455. The van der Waals surface area contributed by atoms with Crippen molar-refractivity contribution in [3.8, 4) is 11.5 Å². The Labute approximate surface area is 177 Å². The van der Waals surface area contributed by atoms with Crippen LogP contribution < -0.4 is 14.9 Å². The topological polar surface area (TPSA) is 90.1 Å². The van der Waals surface area contributed by atoms with Gasteiger partial charge in [-0.05, 0) is 72.3 Å². The van der Waals surface area contributed by atoms with Crippen molar-refractivity contribution in [3.05, 3.63) is 89.3 Å². The van der Waals surface area contributed by atoms with Crippen LogP contribution in [0, 0.1) is 0 Å². The van der Waals surface area contributed by atoms with Crippen LogP contribution in [-0.2, 0) is 9.59 Å². The third-order valence-electron chi connectivity index (χ3n) is 3.61.